The molecule has 0 saturated heterocycles. The van der Waals surface area contributed by atoms with Crippen molar-refractivity contribution in [2.75, 3.05) is 31.9 Å². The quantitative estimate of drug-likeness (QED) is 0.0200. The molecule has 0 aliphatic heterocycles. The van der Waals surface area contributed by atoms with Gasteiger partial charge in [-0.15, -0.1) is 0 Å². The molecule has 3 aromatic heterocycles. The van der Waals surface area contributed by atoms with Crippen molar-refractivity contribution in [2.24, 2.45) is 0 Å². The number of carbonyl (C=O) groups excluding carboxylic acids is 6. The van der Waals surface area contributed by atoms with Crippen molar-refractivity contribution >= 4 is 192 Å². The van der Waals surface area contributed by atoms with Crippen LogP contribution in [-0.2, 0) is 43.9 Å². The Morgan fingerprint density at radius 3 is 1.09 bits per heavy atom. The second-order valence-electron chi connectivity index (χ2n) is 26.3. The second kappa shape index (κ2) is 38.8. The highest BCUT2D eigenvalue weighted by atomic mass is 35.5. The molecule has 9 N–H and O–H groups in total. The van der Waals surface area contributed by atoms with E-state index in [-0.39, 0.29) is 121 Å². The summed E-state index contributed by atoms with van der Waals surface area (Å²) in [6, 6.07) is 42.8. The van der Waals surface area contributed by atoms with Gasteiger partial charge in [-0.3, -0.25) is 28.8 Å². The van der Waals surface area contributed by atoms with E-state index in [2.05, 4.69) is 47.2 Å². The monoisotopic (exact) mass is 1830 g/mol. The normalized spacial score (nSPS) is 12.1. The molecular weight excluding hydrogens is 1760 g/mol. The largest absolute Gasteiger partial charge is 0.506 e. The van der Waals surface area contributed by atoms with Crippen LogP contribution in [0, 0.1) is 20.8 Å². The van der Waals surface area contributed by atoms with Crippen LogP contribution in [-0.4, -0.2) is 121 Å². The summed E-state index contributed by atoms with van der Waals surface area (Å²) >= 11 is 49.3. The van der Waals surface area contributed by atoms with Crippen molar-refractivity contribution in [1.82, 2.24) is 29.3 Å². The lowest BCUT2D eigenvalue weighted by atomic mass is 10.2. The highest BCUT2D eigenvalue weighted by Crippen LogP contribution is 2.40. The highest BCUT2D eigenvalue weighted by Gasteiger charge is 2.37. The highest BCUT2D eigenvalue weighted by molar-refractivity contribution is 7.93. The number of benzene rings is 9. The molecule has 27 nitrogen and oxygen atoms in total. The zero-order valence-corrected chi connectivity index (χ0v) is 71.7. The average molecular weight is 1830 g/mol. The van der Waals surface area contributed by atoms with Gasteiger partial charge >= 0.3 is 0 Å². The maximum atomic E-state index is 13.1. The van der Waals surface area contributed by atoms with E-state index in [0.717, 1.165) is 34.9 Å². The van der Waals surface area contributed by atoms with Gasteiger partial charge in [0.15, 0.2) is 29.5 Å². The van der Waals surface area contributed by atoms with Gasteiger partial charge < -0.3 is 47.2 Å². The number of aromatic hydroxyl groups is 3. The third kappa shape index (κ3) is 21.7. The predicted octanol–water partition coefficient (Wildman–Crippen LogP) is 18.2. The smallest absolute Gasteiger partial charge is 0.258 e. The molecule has 0 aliphatic carbocycles. The van der Waals surface area contributed by atoms with Gasteiger partial charge in [0.1, 0.15) is 33.0 Å². The molecule has 3 atom stereocenters. The summed E-state index contributed by atoms with van der Waals surface area (Å²) in [4.78, 5) is 77.4. The summed E-state index contributed by atoms with van der Waals surface area (Å²) in [6.07, 6.45) is 8.40. The van der Waals surface area contributed by atoms with Crippen LogP contribution in [0.25, 0.3) is 17.1 Å². The summed E-state index contributed by atoms with van der Waals surface area (Å²) in [7, 11) is -12.0. The molecule has 0 radical (unpaired) electrons. The number of nitrogens with one attached hydrogen (secondary N) is 6. The van der Waals surface area contributed by atoms with Crippen molar-refractivity contribution in [3.05, 3.63) is 281 Å². The maximum Gasteiger partial charge on any atom is 0.258 e. The van der Waals surface area contributed by atoms with Gasteiger partial charge in [-0.05, 0) is 143 Å². The van der Waals surface area contributed by atoms with E-state index in [4.69, 9.17) is 92.8 Å². The molecule has 38 heteroatoms. The molecule has 3 unspecified atom stereocenters. The Labute approximate surface area is 722 Å². The number of halogens is 8. The molecule has 0 saturated carbocycles. The Balaban J connectivity index is 0.000000188. The topological polar surface area (TPSA) is 391 Å². The first-order chi connectivity index (χ1) is 56.3. The number of hydrogen-bond donors (Lipinski definition) is 9. The van der Waals surface area contributed by atoms with Crippen molar-refractivity contribution in [2.45, 2.75) is 91.2 Å². The van der Waals surface area contributed by atoms with Crippen LogP contribution in [0.3, 0.4) is 0 Å². The van der Waals surface area contributed by atoms with Gasteiger partial charge in [-0.1, -0.05) is 179 Å². The van der Waals surface area contributed by atoms with E-state index in [1.165, 1.54) is 118 Å². The number of rotatable bonds is 24. The molecule has 12 rings (SSSR count). The number of sulfone groups is 3. The lowest BCUT2D eigenvalue weighted by Crippen LogP contribution is -2.34. The Morgan fingerprint density at radius 1 is 0.353 bits per heavy atom. The minimum atomic E-state index is -4.00. The predicted molar refractivity (Wildman–Crippen MR) is 462 cm³/mol. The number of aryl methyl sites for hydroxylation is 3. The minimum absolute atomic E-state index is 0.00195. The fourth-order valence-electron chi connectivity index (χ4n) is 11.5. The molecule has 0 aliphatic rings. The van der Waals surface area contributed by atoms with Crippen LogP contribution in [0.15, 0.2) is 222 Å². The molecule has 0 spiro atoms. The van der Waals surface area contributed by atoms with Gasteiger partial charge in [-0.25, -0.2) is 39.3 Å². The van der Waals surface area contributed by atoms with Crippen LogP contribution < -0.4 is 31.9 Å². The molecule has 9 aromatic carbocycles. The van der Waals surface area contributed by atoms with Gasteiger partial charge in [-0.2, -0.15) is 15.3 Å². The first kappa shape index (κ1) is 90.3. The van der Waals surface area contributed by atoms with Crippen LogP contribution in [0.2, 0.25) is 40.2 Å². The van der Waals surface area contributed by atoms with Gasteiger partial charge in [0.05, 0.1) is 136 Å². The maximum absolute atomic E-state index is 13.1. The number of hydrogen-bond acceptors (Lipinski definition) is 18. The summed E-state index contributed by atoms with van der Waals surface area (Å²) in [5.41, 5.74) is 4.58. The fourth-order valence-corrected chi connectivity index (χ4v) is 18.1. The summed E-state index contributed by atoms with van der Waals surface area (Å²) in [6.45, 7) is 10.2. The summed E-state index contributed by atoms with van der Waals surface area (Å²) in [5.74, 6) is -5.39. The zero-order valence-electron chi connectivity index (χ0n) is 63.2. The summed E-state index contributed by atoms with van der Waals surface area (Å²) < 4.78 is 82.8. The number of amides is 6. The van der Waals surface area contributed by atoms with E-state index >= 15 is 0 Å². The van der Waals surface area contributed by atoms with Crippen molar-refractivity contribution < 1.29 is 69.3 Å². The van der Waals surface area contributed by atoms with E-state index < -0.39 is 92.2 Å². The van der Waals surface area contributed by atoms with Crippen LogP contribution >= 0.6 is 92.8 Å². The number of anilines is 6. The minimum Gasteiger partial charge on any atom is -0.506 e. The Morgan fingerprint density at radius 2 is 0.714 bits per heavy atom. The first-order valence-electron chi connectivity index (χ1n) is 35.5. The lowest BCUT2D eigenvalue weighted by molar-refractivity contribution is -0.116. The average Bonchev–Trinajstić information content (AvgIpc) is 1.69. The first-order valence-corrected chi connectivity index (χ1v) is 43.1. The number of carbonyl (C=O) groups is 6. The van der Waals surface area contributed by atoms with E-state index in [1.54, 1.807) is 113 Å². The molecule has 119 heavy (non-hydrogen) atoms. The van der Waals surface area contributed by atoms with Gasteiger partial charge in [0, 0.05) is 41.8 Å². The van der Waals surface area contributed by atoms with Crippen LogP contribution in [0.1, 0.15) is 87.8 Å². The molecule has 0 fully saturated rings. The molecule has 0 bridgehead atoms. The SMILES string of the molecule is CCC(C(=O)Nc1cc(O)c(NC(=O)c2cnn(-c3cc(Cl)c(Cl)c(Cl)c3)c2)cc1Cl)S(=O)(=O)c1cccc(C)c1.CCC(C(=O)Nc1cc(O)c(NC(=O)c2cnn(-c3cccc(Cl)c3)c2)cc1Cl)S(=O)(=O)c1ccc(C)cc1.CCC(C(=O)Nc1cc(O)c(NC(=O)c2cnn(-c3ccccc3Cl)c2)cc1Cl)S(=O)(=O)c1ccc(C)cc1. The molecule has 6 amide bonds. The molecule has 618 valence electrons. The van der Waals surface area contributed by atoms with E-state index in [1.807, 2.05) is 13.8 Å². The van der Waals surface area contributed by atoms with Crippen molar-refractivity contribution in [3.63, 3.8) is 0 Å². The second-order valence-corrected chi connectivity index (χ2v) is 36.0. The fraction of sp³-hybridized carbons (Fsp3) is 0.148. The Kier molecular flexibility index (Phi) is 29.5. The molecule has 12 aromatic rings. The van der Waals surface area contributed by atoms with E-state index in [9.17, 15) is 69.3 Å². The van der Waals surface area contributed by atoms with E-state index in [0.29, 0.717) is 27.1 Å². The Bertz CT molecular complexity index is 6250. The van der Waals surface area contributed by atoms with Crippen molar-refractivity contribution in [1.29, 1.82) is 0 Å². The Hall–Kier alpha value is -11.0. The van der Waals surface area contributed by atoms with Gasteiger partial charge in [0.2, 0.25) is 17.7 Å². The van der Waals surface area contributed by atoms with Crippen molar-refractivity contribution in [3.8, 4) is 34.3 Å². The van der Waals surface area contributed by atoms with Crippen LogP contribution in [0.4, 0.5) is 34.1 Å². The third-order valence-corrected chi connectivity index (χ3v) is 27.2. The lowest BCUT2D eigenvalue weighted by Gasteiger charge is -2.18. The van der Waals surface area contributed by atoms with Crippen LogP contribution in [0.5, 0.6) is 17.2 Å². The summed E-state index contributed by atoms with van der Waals surface area (Å²) in [5, 5.41) is 56.4. The zero-order chi connectivity index (χ0) is 86.7. The third-order valence-electron chi connectivity index (χ3n) is 17.8. The number of phenols is 3. The number of nitrogens with zero attached hydrogens (tertiary/aromatic N) is 6. The number of phenolic OH excluding ortho intramolecular Hbond substituents is 3. The number of para-hydroxylation sites is 1. The molecule has 3 heterocycles. The standard InChI is InChI=1S/C27H22Cl4N4O5S.2C27H24Cl2N4O5S/c1-3-24(41(39,40)17-6-4-5-14(2)7-17)27(38)33-21-11-23(36)22(10-18(21)28)34-26(37)15-12-32-35(13-15)16-8-19(29)25(31)20(30)9-16;1-3-25(39(37,38)20-9-7-16(2)8-10-20)27(36)31-22-13-24(34)23(12-21(22)29)32-26(35)17-14-30-33(15-17)19-6-4-5-18(28)11-19;1-3-25(39(37,38)18-10-8-16(2)9-11-18)27(36)31-21-13-24(34)22(12-20(21)29)32-26(35)17-14-30-33(15-17)23-7-5-4-6-19(23)28/h4-13,24,36H,3H2,1-2H3,(H,33,38)(H,34,37);2*4-15,25,34H,3H2,1-2H3,(H,31,36)(H,32,35). The van der Waals surface area contributed by atoms with Gasteiger partial charge in [0.25, 0.3) is 17.7 Å². The molecular formula is C81H70Cl8N12O15S3. The number of aromatic nitrogens is 6.